The Labute approximate surface area is 150 Å². The van der Waals surface area contributed by atoms with E-state index >= 15 is 0 Å². The van der Waals surface area contributed by atoms with Crippen LogP contribution in [-0.2, 0) is 16.1 Å². The lowest BCUT2D eigenvalue weighted by Crippen LogP contribution is -2.55. The molecule has 6 heteroatoms. The molecular formula is C19H30N4O2. The number of nitrogens with zero attached hydrogens (tertiary/aromatic N) is 3. The smallest absolute Gasteiger partial charge is 0.250 e. The Morgan fingerprint density at radius 2 is 2.12 bits per heavy atom. The van der Waals surface area contributed by atoms with Crippen molar-refractivity contribution in [3.63, 3.8) is 0 Å². The van der Waals surface area contributed by atoms with Crippen LogP contribution in [0.4, 0.5) is 0 Å². The molecule has 0 bridgehead atoms. The molecule has 1 aromatic rings. The summed E-state index contributed by atoms with van der Waals surface area (Å²) in [6.45, 7) is 9.52. The van der Waals surface area contributed by atoms with Crippen molar-refractivity contribution >= 4 is 5.91 Å². The predicted molar refractivity (Wildman–Crippen MR) is 97.1 cm³/mol. The van der Waals surface area contributed by atoms with Gasteiger partial charge in [0.05, 0.1) is 18.8 Å². The van der Waals surface area contributed by atoms with Crippen LogP contribution < -0.4 is 5.32 Å². The van der Waals surface area contributed by atoms with Crippen molar-refractivity contribution in [2.24, 2.45) is 0 Å². The number of ether oxygens (including phenoxy) is 1. The minimum atomic E-state index is -0.374. The third-order valence-corrected chi connectivity index (χ3v) is 5.31. The van der Waals surface area contributed by atoms with Gasteiger partial charge in [0, 0.05) is 31.4 Å². The Balaban J connectivity index is 1.47. The molecule has 0 spiro atoms. The molecule has 2 aliphatic heterocycles. The number of aromatic nitrogens is 1. The average Bonchev–Trinajstić information content (AvgIpc) is 2.67. The maximum atomic E-state index is 12.4. The lowest BCUT2D eigenvalue weighted by atomic mass is 10.0. The van der Waals surface area contributed by atoms with Crippen molar-refractivity contribution in [2.45, 2.75) is 51.4 Å². The first-order valence-electron chi connectivity index (χ1n) is 9.41. The van der Waals surface area contributed by atoms with Crippen LogP contribution in [0.2, 0.25) is 0 Å². The van der Waals surface area contributed by atoms with Gasteiger partial charge in [-0.1, -0.05) is 6.07 Å². The minimum Gasteiger partial charge on any atom is -0.366 e. The largest absolute Gasteiger partial charge is 0.366 e. The van der Waals surface area contributed by atoms with Crippen LogP contribution in [0.25, 0.3) is 0 Å². The molecule has 2 fully saturated rings. The van der Waals surface area contributed by atoms with Gasteiger partial charge in [-0.05, 0) is 51.9 Å². The molecule has 0 aliphatic carbocycles. The van der Waals surface area contributed by atoms with Crippen LogP contribution in [-0.4, -0.2) is 71.7 Å². The maximum absolute atomic E-state index is 12.4. The monoisotopic (exact) mass is 346 g/mol. The first kappa shape index (κ1) is 18.3. The molecule has 1 N–H and O–H groups in total. The van der Waals surface area contributed by atoms with Gasteiger partial charge in [-0.2, -0.15) is 0 Å². The molecule has 3 rings (SSSR count). The average molecular weight is 346 g/mol. The summed E-state index contributed by atoms with van der Waals surface area (Å²) in [7, 11) is 0. The molecule has 0 saturated carbocycles. The number of amides is 1. The summed E-state index contributed by atoms with van der Waals surface area (Å²) in [5.74, 6) is -0.0324. The van der Waals surface area contributed by atoms with Gasteiger partial charge in [0.15, 0.2) is 0 Å². The van der Waals surface area contributed by atoms with E-state index in [1.165, 1.54) is 12.8 Å². The van der Waals surface area contributed by atoms with Gasteiger partial charge in [0.2, 0.25) is 0 Å². The van der Waals surface area contributed by atoms with Crippen molar-refractivity contribution in [1.29, 1.82) is 0 Å². The fraction of sp³-hybridized carbons (Fsp3) is 0.684. The molecule has 2 aliphatic rings. The highest BCUT2D eigenvalue weighted by atomic mass is 16.5. The number of hydrogen-bond acceptors (Lipinski definition) is 5. The summed E-state index contributed by atoms with van der Waals surface area (Å²) in [4.78, 5) is 21.7. The second-order valence-electron chi connectivity index (χ2n) is 7.25. The highest BCUT2D eigenvalue weighted by Gasteiger charge is 2.32. The predicted octanol–water partition coefficient (Wildman–Crippen LogP) is 1.27. The van der Waals surface area contributed by atoms with E-state index in [4.69, 9.17) is 4.74 Å². The Morgan fingerprint density at radius 3 is 2.80 bits per heavy atom. The zero-order chi connectivity index (χ0) is 17.6. The lowest BCUT2D eigenvalue weighted by Gasteiger charge is -2.42. The summed E-state index contributed by atoms with van der Waals surface area (Å²) in [5.41, 5.74) is 0.865. The molecule has 2 saturated heterocycles. The number of morpholine rings is 1. The number of pyridine rings is 1. The molecule has 3 heterocycles. The Kier molecular flexibility index (Phi) is 6.39. The number of likely N-dealkylation sites (tertiary alicyclic amines) is 1. The van der Waals surface area contributed by atoms with Gasteiger partial charge in [-0.3, -0.25) is 14.7 Å². The Morgan fingerprint density at radius 1 is 1.32 bits per heavy atom. The molecule has 0 radical (unpaired) electrons. The van der Waals surface area contributed by atoms with Gasteiger partial charge >= 0.3 is 0 Å². The molecule has 1 atom stereocenters. The standard InChI is InChI=1S/C19H30N4O2/c1-15(2)22-9-6-17(7-10-22)23-11-12-25-18(14-23)19(24)21-13-16-5-3-4-8-20-16/h3-5,8,15,17-18H,6-7,9-14H2,1-2H3,(H,21,24). The summed E-state index contributed by atoms with van der Waals surface area (Å²) < 4.78 is 5.72. The van der Waals surface area contributed by atoms with Gasteiger partial charge in [-0.25, -0.2) is 0 Å². The van der Waals surface area contributed by atoms with Crippen LogP contribution in [0.1, 0.15) is 32.4 Å². The first-order chi connectivity index (χ1) is 12.1. The maximum Gasteiger partial charge on any atom is 0.250 e. The summed E-state index contributed by atoms with van der Waals surface area (Å²) in [6.07, 6.45) is 3.73. The van der Waals surface area contributed by atoms with Gasteiger partial charge in [-0.15, -0.1) is 0 Å². The highest BCUT2D eigenvalue weighted by Crippen LogP contribution is 2.20. The normalized spacial score (nSPS) is 23.7. The highest BCUT2D eigenvalue weighted by molar-refractivity contribution is 5.81. The van der Waals surface area contributed by atoms with E-state index in [0.717, 1.165) is 25.3 Å². The lowest BCUT2D eigenvalue weighted by molar-refractivity contribution is -0.140. The van der Waals surface area contributed by atoms with Crippen LogP contribution in [0, 0.1) is 0 Å². The van der Waals surface area contributed by atoms with Gasteiger partial charge < -0.3 is 15.0 Å². The van der Waals surface area contributed by atoms with E-state index in [0.29, 0.717) is 31.8 Å². The number of hydrogen-bond donors (Lipinski definition) is 1. The Hall–Kier alpha value is -1.50. The van der Waals surface area contributed by atoms with E-state index in [9.17, 15) is 4.79 Å². The molecule has 0 aromatic carbocycles. The first-order valence-corrected chi connectivity index (χ1v) is 9.41. The third-order valence-electron chi connectivity index (χ3n) is 5.31. The van der Waals surface area contributed by atoms with E-state index in [-0.39, 0.29) is 12.0 Å². The van der Waals surface area contributed by atoms with E-state index in [1.54, 1.807) is 6.20 Å². The molecule has 1 amide bonds. The molecule has 6 nitrogen and oxygen atoms in total. The van der Waals surface area contributed by atoms with Crippen molar-refractivity contribution in [3.05, 3.63) is 30.1 Å². The molecular weight excluding hydrogens is 316 g/mol. The van der Waals surface area contributed by atoms with Gasteiger partial charge in [0.25, 0.3) is 5.91 Å². The van der Waals surface area contributed by atoms with E-state index in [2.05, 4.69) is 33.9 Å². The molecule has 1 aromatic heterocycles. The van der Waals surface area contributed by atoms with Crippen LogP contribution in [0.5, 0.6) is 0 Å². The Bertz CT molecular complexity index is 544. The van der Waals surface area contributed by atoms with Crippen LogP contribution in [0.3, 0.4) is 0 Å². The fourth-order valence-electron chi connectivity index (χ4n) is 3.72. The number of carbonyl (C=O) groups is 1. The topological polar surface area (TPSA) is 57.7 Å². The molecule has 138 valence electrons. The minimum absolute atomic E-state index is 0.0324. The second-order valence-corrected chi connectivity index (χ2v) is 7.25. The quantitative estimate of drug-likeness (QED) is 0.870. The van der Waals surface area contributed by atoms with Crippen molar-refractivity contribution in [2.75, 3.05) is 32.8 Å². The number of nitrogens with one attached hydrogen (secondary N) is 1. The van der Waals surface area contributed by atoms with Crippen molar-refractivity contribution < 1.29 is 9.53 Å². The van der Waals surface area contributed by atoms with Crippen molar-refractivity contribution in [1.82, 2.24) is 20.1 Å². The van der Waals surface area contributed by atoms with Crippen LogP contribution in [0.15, 0.2) is 24.4 Å². The zero-order valence-electron chi connectivity index (χ0n) is 15.4. The number of rotatable bonds is 5. The second kappa shape index (κ2) is 8.74. The third kappa shape index (κ3) is 5.00. The zero-order valence-corrected chi connectivity index (χ0v) is 15.4. The summed E-state index contributed by atoms with van der Waals surface area (Å²) >= 11 is 0. The van der Waals surface area contributed by atoms with E-state index in [1.807, 2.05) is 18.2 Å². The number of piperidine rings is 1. The summed E-state index contributed by atoms with van der Waals surface area (Å²) in [5, 5.41) is 2.95. The van der Waals surface area contributed by atoms with E-state index < -0.39 is 0 Å². The molecule has 25 heavy (non-hydrogen) atoms. The van der Waals surface area contributed by atoms with Gasteiger partial charge in [0.1, 0.15) is 6.10 Å². The summed E-state index contributed by atoms with van der Waals surface area (Å²) in [6, 6.07) is 6.91. The SMILES string of the molecule is CC(C)N1CCC(N2CCOC(C(=O)NCc3ccccn3)C2)CC1. The van der Waals surface area contributed by atoms with Crippen LogP contribution >= 0.6 is 0 Å². The molecule has 1 unspecified atom stereocenters. The number of carbonyl (C=O) groups excluding carboxylic acids is 1. The van der Waals surface area contributed by atoms with Crippen molar-refractivity contribution in [3.8, 4) is 0 Å². The fourth-order valence-corrected chi connectivity index (χ4v) is 3.72.